The summed E-state index contributed by atoms with van der Waals surface area (Å²) in [6, 6.07) is 27.6. The molecule has 2 aliphatic rings. The van der Waals surface area contributed by atoms with E-state index in [2.05, 4.69) is 123 Å². The van der Waals surface area contributed by atoms with Gasteiger partial charge in [-0.25, -0.2) is 4.98 Å². The van der Waals surface area contributed by atoms with E-state index in [-0.39, 0.29) is 11.9 Å². The highest BCUT2D eigenvalue weighted by Crippen LogP contribution is 2.37. The van der Waals surface area contributed by atoms with Gasteiger partial charge < -0.3 is 30.7 Å². The molecule has 0 bridgehead atoms. The number of nitrogens with zero attached hydrogens (tertiary/aromatic N) is 3. The highest BCUT2D eigenvalue weighted by Gasteiger charge is 2.26. The van der Waals surface area contributed by atoms with Crippen molar-refractivity contribution in [2.24, 2.45) is 0 Å². The Morgan fingerprint density at radius 3 is 2.70 bits per heavy atom. The number of piperazine rings is 1. The molecule has 1 fully saturated rings. The molecule has 5 heterocycles. The Morgan fingerprint density at radius 1 is 0.967 bits per heavy atom. The number of rotatable bonds is 14. The predicted molar refractivity (Wildman–Crippen MR) is 254 cm³/mol. The highest BCUT2D eigenvalue weighted by atomic mass is 32.1. The highest BCUT2D eigenvalue weighted by molar-refractivity contribution is 7.21. The largest absolute Gasteiger partial charge is 0.383 e. The molecule has 60 heavy (non-hydrogen) atoms. The number of pyridine rings is 1. The van der Waals surface area contributed by atoms with E-state index in [9.17, 15) is 4.79 Å². The fraction of sp³-hybridized carbons (Fsp3) is 0.360. The van der Waals surface area contributed by atoms with Crippen molar-refractivity contribution in [2.75, 3.05) is 42.9 Å². The molecule has 4 aromatic heterocycles. The van der Waals surface area contributed by atoms with E-state index < -0.39 is 0 Å². The van der Waals surface area contributed by atoms with Crippen LogP contribution in [0.1, 0.15) is 70.2 Å². The number of carbonyl (C=O) groups excluding carboxylic acids is 1. The number of unbranched alkanes of at least 4 members (excludes halogenated alkanes) is 1. The number of carbonyl (C=O) groups is 1. The van der Waals surface area contributed by atoms with Crippen molar-refractivity contribution in [3.05, 3.63) is 111 Å². The Kier molecular flexibility index (Phi) is 11.9. The summed E-state index contributed by atoms with van der Waals surface area (Å²) in [5.41, 5.74) is 12.3. The predicted octanol–water partition coefficient (Wildman–Crippen LogP) is 9.84. The van der Waals surface area contributed by atoms with Crippen LogP contribution < -0.4 is 26.2 Å². The first-order chi connectivity index (χ1) is 29.3. The first kappa shape index (κ1) is 40.2. The Hall–Kier alpha value is -5.18. The summed E-state index contributed by atoms with van der Waals surface area (Å²) in [4.78, 5) is 24.2. The van der Waals surface area contributed by atoms with E-state index in [1.165, 1.54) is 71.5 Å². The lowest BCUT2D eigenvalue weighted by atomic mass is 9.87. The molecule has 0 unspecified atom stereocenters. The van der Waals surface area contributed by atoms with Gasteiger partial charge in [0, 0.05) is 101 Å². The number of anilines is 2. The van der Waals surface area contributed by atoms with Crippen LogP contribution >= 0.6 is 22.7 Å². The van der Waals surface area contributed by atoms with E-state index in [1.54, 1.807) is 0 Å². The van der Waals surface area contributed by atoms with Gasteiger partial charge in [-0.1, -0.05) is 24.3 Å². The van der Waals surface area contributed by atoms with Crippen molar-refractivity contribution in [1.82, 2.24) is 25.5 Å². The second kappa shape index (κ2) is 17.8. The average Bonchev–Trinajstić information content (AvgIpc) is 3.95. The van der Waals surface area contributed by atoms with Crippen molar-refractivity contribution in [1.29, 1.82) is 0 Å². The minimum Gasteiger partial charge on any atom is -0.383 e. The summed E-state index contributed by atoms with van der Waals surface area (Å²) >= 11 is 3.31. The molecule has 1 aliphatic heterocycles. The zero-order valence-electron chi connectivity index (χ0n) is 35.0. The second-order valence-electron chi connectivity index (χ2n) is 16.6. The van der Waals surface area contributed by atoms with Crippen LogP contribution in [-0.4, -0.2) is 60.3 Å². The summed E-state index contributed by atoms with van der Waals surface area (Å²) in [6.07, 6.45) is 11.1. The van der Waals surface area contributed by atoms with Gasteiger partial charge >= 0.3 is 0 Å². The Morgan fingerprint density at radius 2 is 1.85 bits per heavy atom. The van der Waals surface area contributed by atoms with Crippen LogP contribution in [0.4, 0.5) is 11.4 Å². The van der Waals surface area contributed by atoms with Gasteiger partial charge in [0.2, 0.25) is 0 Å². The SMILES string of the molecule is C#CC[C@@H]1CN(c2ccc3c(c2)CC[C@H](NC(=O)c2sc4nc(C)ccc4c2NCCCCNCc2ccc4c(c2)c2ccc(-c5cc(C)cs5)cc2n4CC)C3)CCN1. The zero-order chi connectivity index (χ0) is 41.2. The van der Waals surface area contributed by atoms with Crippen molar-refractivity contribution >= 4 is 72.0 Å². The second-order valence-corrected chi connectivity index (χ2v) is 18.5. The minimum atomic E-state index is -0.0117. The normalized spacial score (nSPS) is 16.7. The molecule has 3 aromatic carbocycles. The summed E-state index contributed by atoms with van der Waals surface area (Å²) in [5, 5.41) is 20.2. The first-order valence-electron chi connectivity index (χ1n) is 21.6. The summed E-state index contributed by atoms with van der Waals surface area (Å²) in [5.74, 6) is 2.80. The van der Waals surface area contributed by atoms with Gasteiger partial charge in [-0.05, 0) is 141 Å². The van der Waals surface area contributed by atoms with Gasteiger partial charge in [-0.15, -0.1) is 35.0 Å². The van der Waals surface area contributed by atoms with Gasteiger partial charge in [0.25, 0.3) is 5.91 Å². The molecule has 2 atom stereocenters. The van der Waals surface area contributed by atoms with Crippen molar-refractivity contribution < 1.29 is 4.79 Å². The maximum atomic E-state index is 14.0. The molecule has 1 amide bonds. The van der Waals surface area contributed by atoms with Crippen molar-refractivity contribution in [3.8, 4) is 22.8 Å². The van der Waals surface area contributed by atoms with Crippen LogP contribution in [-0.2, 0) is 25.9 Å². The number of hydrogen-bond acceptors (Lipinski definition) is 8. The molecule has 0 spiro atoms. The van der Waals surface area contributed by atoms with Crippen LogP contribution in [0.25, 0.3) is 42.5 Å². The van der Waals surface area contributed by atoms with Crippen LogP contribution in [0.3, 0.4) is 0 Å². The smallest absolute Gasteiger partial charge is 0.263 e. The maximum absolute atomic E-state index is 14.0. The fourth-order valence-corrected chi connectivity index (χ4v) is 11.2. The molecule has 0 radical (unpaired) electrons. The fourth-order valence-electron chi connectivity index (χ4n) is 9.21. The molecule has 0 saturated carbocycles. The summed E-state index contributed by atoms with van der Waals surface area (Å²) in [6.45, 7) is 12.7. The Labute approximate surface area is 361 Å². The first-order valence-corrected chi connectivity index (χ1v) is 23.3. The minimum absolute atomic E-state index is 0.0117. The monoisotopic (exact) mass is 833 g/mol. The standard InChI is InChI=1S/C50H55N7OS2/c1-5-9-39-30-56(23-22-52-39)40-16-13-35-26-38(15-12-36(35)27-40)55-49(58)48-47(42-17-10-33(4)54-50(42)60-48)53-21-8-7-20-51-29-34-11-19-44-43(25-34)41-18-14-37(28-45(41)57(44)6-2)46-24-32(3)31-59-46/h1,10-11,13-14,16-19,24-25,27-28,31,38-39,51-53H,6-9,12,15,20-23,26,29-30H2,2-4H3,(H,55,58)/t38-,39+/m0/s1. The van der Waals surface area contributed by atoms with E-state index in [1.807, 2.05) is 24.3 Å². The molecule has 8 nitrogen and oxygen atoms in total. The lowest BCUT2D eigenvalue weighted by Crippen LogP contribution is -2.50. The lowest BCUT2D eigenvalue weighted by Gasteiger charge is -2.35. The topological polar surface area (TPSA) is 86.2 Å². The molecule has 9 rings (SSSR count). The number of nitrogens with one attached hydrogen (secondary N) is 4. The third-order valence-electron chi connectivity index (χ3n) is 12.3. The molecular weight excluding hydrogens is 779 g/mol. The summed E-state index contributed by atoms with van der Waals surface area (Å²) in [7, 11) is 0. The van der Waals surface area contributed by atoms with Crippen LogP contribution in [0.2, 0.25) is 0 Å². The number of hydrogen-bond donors (Lipinski definition) is 4. The van der Waals surface area contributed by atoms with Gasteiger partial charge in [-0.2, -0.15) is 0 Å². The third-order valence-corrected chi connectivity index (χ3v) is 14.5. The number of aryl methyl sites for hydroxylation is 4. The van der Waals surface area contributed by atoms with Crippen LogP contribution in [0.5, 0.6) is 0 Å². The molecule has 308 valence electrons. The van der Waals surface area contributed by atoms with E-state index >= 15 is 0 Å². The molecular formula is C50H55N7OS2. The van der Waals surface area contributed by atoms with Gasteiger partial charge in [0.05, 0.1) is 5.69 Å². The number of benzene rings is 3. The Balaban J connectivity index is 0.793. The number of aromatic nitrogens is 2. The summed E-state index contributed by atoms with van der Waals surface area (Å²) < 4.78 is 2.44. The molecule has 4 N–H and O–H groups in total. The van der Waals surface area contributed by atoms with Crippen molar-refractivity contribution in [2.45, 2.75) is 84.5 Å². The van der Waals surface area contributed by atoms with Crippen molar-refractivity contribution in [3.63, 3.8) is 0 Å². The number of thiophene rings is 2. The maximum Gasteiger partial charge on any atom is 0.263 e. The molecule has 10 heteroatoms. The molecule has 7 aromatic rings. The van der Waals surface area contributed by atoms with E-state index in [0.717, 1.165) is 111 Å². The van der Waals surface area contributed by atoms with E-state index in [4.69, 9.17) is 11.4 Å². The lowest BCUT2D eigenvalue weighted by molar-refractivity contribution is 0.0938. The molecule has 1 saturated heterocycles. The van der Waals surface area contributed by atoms with E-state index in [0.29, 0.717) is 6.04 Å². The van der Waals surface area contributed by atoms with Gasteiger partial charge in [0.15, 0.2) is 0 Å². The van der Waals surface area contributed by atoms with Crippen LogP contribution in [0.15, 0.2) is 78.2 Å². The van der Waals surface area contributed by atoms with Crippen LogP contribution in [0, 0.1) is 26.2 Å². The quantitative estimate of drug-likeness (QED) is 0.0646. The van der Waals surface area contributed by atoms with Gasteiger partial charge in [0.1, 0.15) is 9.71 Å². The van der Waals surface area contributed by atoms with Gasteiger partial charge in [-0.3, -0.25) is 4.79 Å². The average molecular weight is 834 g/mol. The number of amides is 1. The number of terminal acetylenes is 1. The zero-order valence-corrected chi connectivity index (χ0v) is 36.6. The molecule has 1 aliphatic carbocycles. The Bertz CT molecular complexity index is 2720. The number of fused-ring (bicyclic) bond motifs is 5. The third kappa shape index (κ3) is 8.42.